The summed E-state index contributed by atoms with van der Waals surface area (Å²) >= 11 is 0. The van der Waals surface area contributed by atoms with Gasteiger partial charge in [-0.15, -0.1) is 0 Å². The molecule has 19 heavy (non-hydrogen) atoms. The standard InChI is InChI=1S/C15H21N3O/c1-13(11-16)15(19)17-9-6-10-18(2)12-14-7-4-3-5-8-14/h3-5,7-8,13H,6,9-10,12H2,1-2H3,(H,17,19). The summed E-state index contributed by atoms with van der Waals surface area (Å²) in [7, 11) is 2.06. The third-order valence-corrected chi connectivity index (χ3v) is 2.90. The van der Waals surface area contributed by atoms with Gasteiger partial charge >= 0.3 is 0 Å². The Labute approximate surface area is 115 Å². The van der Waals surface area contributed by atoms with Crippen LogP contribution in [0, 0.1) is 17.2 Å². The smallest absolute Gasteiger partial charge is 0.237 e. The molecule has 0 aromatic heterocycles. The fraction of sp³-hybridized carbons (Fsp3) is 0.467. The first kappa shape index (κ1) is 15.2. The largest absolute Gasteiger partial charge is 0.355 e. The van der Waals surface area contributed by atoms with Gasteiger partial charge in [-0.3, -0.25) is 4.79 Å². The maximum Gasteiger partial charge on any atom is 0.237 e. The highest BCUT2D eigenvalue weighted by atomic mass is 16.1. The van der Waals surface area contributed by atoms with E-state index < -0.39 is 5.92 Å². The number of nitriles is 1. The fourth-order valence-corrected chi connectivity index (χ4v) is 1.75. The molecule has 0 spiro atoms. The van der Waals surface area contributed by atoms with Gasteiger partial charge in [-0.1, -0.05) is 30.3 Å². The fourth-order valence-electron chi connectivity index (χ4n) is 1.75. The summed E-state index contributed by atoms with van der Waals surface area (Å²) < 4.78 is 0. The molecule has 0 radical (unpaired) electrons. The van der Waals surface area contributed by atoms with E-state index in [1.807, 2.05) is 24.3 Å². The highest BCUT2D eigenvalue weighted by Gasteiger charge is 2.10. The molecule has 0 saturated carbocycles. The van der Waals surface area contributed by atoms with Crippen molar-refractivity contribution in [2.75, 3.05) is 20.1 Å². The molecule has 1 unspecified atom stereocenters. The second kappa shape index (κ2) is 8.28. The van der Waals surface area contributed by atoms with Gasteiger partial charge in [0.2, 0.25) is 5.91 Å². The Hall–Kier alpha value is -1.86. The molecule has 1 N–H and O–H groups in total. The van der Waals surface area contributed by atoms with Crippen molar-refractivity contribution in [2.45, 2.75) is 19.9 Å². The maximum absolute atomic E-state index is 11.4. The van der Waals surface area contributed by atoms with E-state index in [1.165, 1.54) is 5.56 Å². The van der Waals surface area contributed by atoms with Gasteiger partial charge in [0.15, 0.2) is 0 Å². The Morgan fingerprint density at radius 2 is 2.11 bits per heavy atom. The predicted molar refractivity (Wildman–Crippen MR) is 75.2 cm³/mol. The summed E-state index contributed by atoms with van der Waals surface area (Å²) in [6.45, 7) is 4.04. The zero-order valence-corrected chi connectivity index (χ0v) is 11.6. The normalized spacial score (nSPS) is 11.9. The number of rotatable bonds is 7. The second-order valence-corrected chi connectivity index (χ2v) is 4.72. The number of carbonyl (C=O) groups excluding carboxylic acids is 1. The van der Waals surface area contributed by atoms with Gasteiger partial charge in [0, 0.05) is 13.1 Å². The van der Waals surface area contributed by atoms with E-state index >= 15 is 0 Å². The zero-order chi connectivity index (χ0) is 14.1. The molecular weight excluding hydrogens is 238 g/mol. The van der Waals surface area contributed by atoms with Crippen molar-refractivity contribution < 1.29 is 4.79 Å². The number of hydrogen-bond acceptors (Lipinski definition) is 3. The minimum Gasteiger partial charge on any atom is -0.355 e. The quantitative estimate of drug-likeness (QED) is 0.759. The van der Waals surface area contributed by atoms with Gasteiger partial charge in [-0.05, 0) is 32.5 Å². The molecule has 0 bridgehead atoms. The molecule has 0 heterocycles. The van der Waals surface area contributed by atoms with Crippen LogP contribution in [0.15, 0.2) is 30.3 Å². The third-order valence-electron chi connectivity index (χ3n) is 2.90. The van der Waals surface area contributed by atoms with E-state index in [0.29, 0.717) is 6.54 Å². The van der Waals surface area contributed by atoms with E-state index in [9.17, 15) is 4.79 Å². The van der Waals surface area contributed by atoms with E-state index in [1.54, 1.807) is 6.92 Å². The lowest BCUT2D eigenvalue weighted by atomic mass is 10.2. The Bertz CT molecular complexity index is 425. The number of nitrogens with zero attached hydrogens (tertiary/aromatic N) is 2. The number of nitrogens with one attached hydrogen (secondary N) is 1. The van der Waals surface area contributed by atoms with Crippen molar-refractivity contribution in [3.05, 3.63) is 35.9 Å². The minimum absolute atomic E-state index is 0.187. The molecule has 1 rings (SSSR count). The van der Waals surface area contributed by atoms with Crippen LogP contribution in [0.4, 0.5) is 0 Å². The van der Waals surface area contributed by atoms with Crippen LogP contribution in [-0.4, -0.2) is 30.9 Å². The molecule has 0 aliphatic heterocycles. The van der Waals surface area contributed by atoms with Crippen LogP contribution in [0.2, 0.25) is 0 Å². The maximum atomic E-state index is 11.4. The molecular formula is C15H21N3O. The van der Waals surface area contributed by atoms with Gasteiger partial charge in [0.05, 0.1) is 6.07 Å². The van der Waals surface area contributed by atoms with E-state index in [0.717, 1.165) is 19.5 Å². The van der Waals surface area contributed by atoms with Crippen molar-refractivity contribution in [1.29, 1.82) is 5.26 Å². The summed E-state index contributed by atoms with van der Waals surface area (Å²) in [5, 5.41) is 11.4. The monoisotopic (exact) mass is 259 g/mol. The lowest BCUT2D eigenvalue weighted by Gasteiger charge is -2.16. The van der Waals surface area contributed by atoms with Crippen LogP contribution >= 0.6 is 0 Å². The summed E-state index contributed by atoms with van der Waals surface area (Å²) in [5.74, 6) is -0.754. The van der Waals surface area contributed by atoms with Crippen molar-refractivity contribution >= 4 is 5.91 Å². The highest BCUT2D eigenvalue weighted by molar-refractivity contribution is 5.80. The number of benzene rings is 1. The molecule has 0 aliphatic rings. The molecule has 102 valence electrons. The van der Waals surface area contributed by atoms with Crippen molar-refractivity contribution in [3.8, 4) is 6.07 Å². The molecule has 0 fully saturated rings. The predicted octanol–water partition coefficient (Wildman–Crippen LogP) is 1.78. The van der Waals surface area contributed by atoms with Gasteiger partial charge in [-0.25, -0.2) is 0 Å². The summed E-state index contributed by atoms with van der Waals surface area (Å²) in [5.41, 5.74) is 1.28. The average molecular weight is 259 g/mol. The van der Waals surface area contributed by atoms with Crippen LogP contribution in [-0.2, 0) is 11.3 Å². The Morgan fingerprint density at radius 3 is 2.74 bits per heavy atom. The summed E-state index contributed by atoms with van der Waals surface area (Å²) in [4.78, 5) is 13.6. The average Bonchev–Trinajstić information content (AvgIpc) is 2.43. The van der Waals surface area contributed by atoms with E-state index in [2.05, 4.69) is 29.4 Å². The first-order valence-corrected chi connectivity index (χ1v) is 6.53. The second-order valence-electron chi connectivity index (χ2n) is 4.72. The van der Waals surface area contributed by atoms with Gasteiger partial charge < -0.3 is 10.2 Å². The minimum atomic E-state index is -0.568. The molecule has 0 saturated heterocycles. The molecule has 1 amide bonds. The molecule has 1 aromatic rings. The molecule has 4 nitrogen and oxygen atoms in total. The van der Waals surface area contributed by atoms with Crippen molar-refractivity contribution in [2.24, 2.45) is 5.92 Å². The van der Waals surface area contributed by atoms with Crippen LogP contribution in [0.3, 0.4) is 0 Å². The van der Waals surface area contributed by atoms with E-state index in [4.69, 9.17) is 5.26 Å². The summed E-state index contributed by atoms with van der Waals surface area (Å²) in [6, 6.07) is 12.2. The first-order chi connectivity index (χ1) is 9.13. The number of amides is 1. The van der Waals surface area contributed by atoms with Gasteiger partial charge in [-0.2, -0.15) is 5.26 Å². The molecule has 1 atom stereocenters. The highest BCUT2D eigenvalue weighted by Crippen LogP contribution is 2.02. The number of hydrogen-bond donors (Lipinski definition) is 1. The van der Waals surface area contributed by atoms with Gasteiger partial charge in [0.1, 0.15) is 5.92 Å². The lowest BCUT2D eigenvalue weighted by Crippen LogP contribution is -2.31. The molecule has 4 heteroatoms. The van der Waals surface area contributed by atoms with Crippen LogP contribution < -0.4 is 5.32 Å². The molecule has 0 aliphatic carbocycles. The zero-order valence-electron chi connectivity index (χ0n) is 11.6. The number of carbonyl (C=O) groups is 1. The topological polar surface area (TPSA) is 56.1 Å². The third kappa shape index (κ3) is 6.03. The lowest BCUT2D eigenvalue weighted by molar-refractivity contribution is -0.122. The van der Waals surface area contributed by atoms with Crippen molar-refractivity contribution in [3.63, 3.8) is 0 Å². The Kier molecular flexibility index (Phi) is 6.62. The van der Waals surface area contributed by atoms with Crippen LogP contribution in [0.5, 0.6) is 0 Å². The first-order valence-electron chi connectivity index (χ1n) is 6.53. The Morgan fingerprint density at radius 1 is 1.42 bits per heavy atom. The molecule has 1 aromatic carbocycles. The Balaban J connectivity index is 2.16. The van der Waals surface area contributed by atoms with Crippen molar-refractivity contribution in [1.82, 2.24) is 10.2 Å². The van der Waals surface area contributed by atoms with Crippen LogP contribution in [0.1, 0.15) is 18.9 Å². The van der Waals surface area contributed by atoms with Crippen LogP contribution in [0.25, 0.3) is 0 Å². The van der Waals surface area contributed by atoms with Gasteiger partial charge in [0.25, 0.3) is 0 Å². The SMILES string of the molecule is CC(C#N)C(=O)NCCCN(C)Cc1ccccc1. The summed E-state index contributed by atoms with van der Waals surface area (Å²) in [6.07, 6.45) is 0.882. The van der Waals surface area contributed by atoms with E-state index in [-0.39, 0.29) is 5.91 Å².